The third-order valence-electron chi connectivity index (χ3n) is 5.53. The number of hydrogen-bond donors (Lipinski definition) is 1. The van der Waals surface area contributed by atoms with Gasteiger partial charge >= 0.3 is 12.2 Å². The van der Waals surface area contributed by atoms with Gasteiger partial charge in [0.15, 0.2) is 0 Å². The molecule has 2 saturated heterocycles. The van der Waals surface area contributed by atoms with Crippen LogP contribution in [0.1, 0.15) is 41.5 Å². The summed E-state index contributed by atoms with van der Waals surface area (Å²) in [7, 11) is 0. The van der Waals surface area contributed by atoms with Gasteiger partial charge in [0.25, 0.3) is 5.69 Å². The summed E-state index contributed by atoms with van der Waals surface area (Å²) < 4.78 is 21.8. The third kappa shape index (κ3) is 9.51. The highest BCUT2D eigenvalue weighted by Gasteiger charge is 2.36. The number of carbonyl (C=O) groups excluding carboxylic acids is 2. The van der Waals surface area contributed by atoms with Crippen molar-refractivity contribution in [1.29, 1.82) is 0 Å². The molecule has 2 amide bonds. The highest BCUT2D eigenvalue weighted by atomic mass is 16.6. The first-order valence-electron chi connectivity index (χ1n) is 13.0. The van der Waals surface area contributed by atoms with Gasteiger partial charge in [0, 0.05) is 17.8 Å². The van der Waals surface area contributed by atoms with E-state index in [-0.39, 0.29) is 30.1 Å². The molecule has 218 valence electrons. The van der Waals surface area contributed by atoms with Gasteiger partial charge in [0.05, 0.1) is 31.1 Å². The summed E-state index contributed by atoms with van der Waals surface area (Å²) >= 11 is 0. The lowest BCUT2D eigenvalue weighted by molar-refractivity contribution is -0.384. The second kappa shape index (κ2) is 12.3. The number of non-ortho nitro benzene ring substituents is 1. The van der Waals surface area contributed by atoms with Crippen molar-refractivity contribution in [2.45, 2.75) is 65.0 Å². The zero-order valence-corrected chi connectivity index (χ0v) is 23.8. The minimum absolute atomic E-state index is 0.0198. The summed E-state index contributed by atoms with van der Waals surface area (Å²) in [6, 6.07) is 13.1. The number of nitro groups is 1. The fraction of sp³-hybridized carbons (Fsp3) is 0.500. The summed E-state index contributed by atoms with van der Waals surface area (Å²) in [5.74, 6) is 1.32. The fourth-order valence-electron chi connectivity index (χ4n) is 3.55. The number of anilines is 1. The monoisotopic (exact) mass is 558 g/mol. The molecule has 12 heteroatoms. The molecule has 40 heavy (non-hydrogen) atoms. The van der Waals surface area contributed by atoms with E-state index in [0.717, 1.165) is 5.75 Å². The van der Waals surface area contributed by atoms with E-state index >= 15 is 0 Å². The van der Waals surface area contributed by atoms with Crippen LogP contribution in [-0.2, 0) is 9.47 Å². The molecule has 2 aliphatic heterocycles. The molecule has 0 unspecified atom stereocenters. The maximum Gasteiger partial charge on any atom is 0.410 e. The van der Waals surface area contributed by atoms with E-state index in [0.29, 0.717) is 37.6 Å². The molecule has 12 nitrogen and oxygen atoms in total. The number of ether oxygens (including phenoxy) is 4. The number of likely N-dealkylation sites (tertiary alicyclic amines) is 2. The van der Waals surface area contributed by atoms with Crippen LogP contribution in [0.15, 0.2) is 48.5 Å². The number of nitrogen functional groups attached to an aromatic ring is 1. The lowest BCUT2D eigenvalue weighted by Gasteiger charge is -2.39. The van der Waals surface area contributed by atoms with Gasteiger partial charge in [-0.15, -0.1) is 0 Å². The molecule has 2 fully saturated rings. The van der Waals surface area contributed by atoms with Crippen LogP contribution in [0.25, 0.3) is 0 Å². The molecule has 0 aromatic heterocycles. The van der Waals surface area contributed by atoms with Crippen molar-refractivity contribution in [2.75, 3.05) is 31.9 Å². The van der Waals surface area contributed by atoms with Gasteiger partial charge in [-0.2, -0.15) is 0 Å². The van der Waals surface area contributed by atoms with Gasteiger partial charge in [0.1, 0.15) is 34.9 Å². The normalized spacial score (nSPS) is 15.6. The molecule has 0 bridgehead atoms. The average Bonchev–Trinajstić information content (AvgIpc) is 2.77. The summed E-state index contributed by atoms with van der Waals surface area (Å²) in [5, 5.41) is 10.5. The lowest BCUT2D eigenvalue weighted by Crippen LogP contribution is -2.57. The smallest absolute Gasteiger partial charge is 0.410 e. The first-order chi connectivity index (χ1) is 18.6. The summed E-state index contributed by atoms with van der Waals surface area (Å²) in [6.45, 7) is 13.0. The van der Waals surface area contributed by atoms with E-state index in [2.05, 4.69) is 0 Å². The van der Waals surface area contributed by atoms with E-state index in [4.69, 9.17) is 24.7 Å². The predicted octanol–water partition coefficient (Wildman–Crippen LogP) is 4.86. The van der Waals surface area contributed by atoms with E-state index < -0.39 is 16.1 Å². The molecule has 2 aromatic carbocycles. The number of rotatable bonds is 5. The first-order valence-corrected chi connectivity index (χ1v) is 13.0. The minimum Gasteiger partial charge on any atom is -0.487 e. The number of hydrogen-bond acceptors (Lipinski definition) is 9. The fourth-order valence-corrected chi connectivity index (χ4v) is 3.55. The highest BCUT2D eigenvalue weighted by molar-refractivity contribution is 5.69. The molecule has 0 saturated carbocycles. The van der Waals surface area contributed by atoms with E-state index in [9.17, 15) is 19.7 Å². The van der Waals surface area contributed by atoms with Crippen molar-refractivity contribution >= 4 is 23.6 Å². The molecular weight excluding hydrogens is 520 g/mol. The largest absolute Gasteiger partial charge is 0.487 e. The number of nitrogens with two attached hydrogens (primary N) is 1. The maximum atomic E-state index is 11.7. The van der Waals surface area contributed by atoms with Crippen LogP contribution in [-0.4, -0.2) is 76.5 Å². The summed E-state index contributed by atoms with van der Waals surface area (Å²) in [6.07, 6.45) is -0.731. The number of nitrogens with zero attached hydrogens (tertiary/aromatic N) is 3. The summed E-state index contributed by atoms with van der Waals surface area (Å²) in [5.41, 5.74) is 5.35. The second-order valence-electron chi connectivity index (χ2n) is 11.6. The van der Waals surface area contributed by atoms with Crippen LogP contribution in [0.5, 0.6) is 11.5 Å². The molecule has 2 aromatic rings. The minimum atomic E-state index is -0.513. The molecule has 0 radical (unpaired) electrons. The molecule has 0 atom stereocenters. The van der Waals surface area contributed by atoms with Crippen LogP contribution in [0.2, 0.25) is 0 Å². The quantitative estimate of drug-likeness (QED) is 0.309. The zero-order valence-electron chi connectivity index (χ0n) is 23.8. The Bertz CT molecular complexity index is 1160. The van der Waals surface area contributed by atoms with Crippen molar-refractivity contribution < 1.29 is 33.5 Å². The third-order valence-corrected chi connectivity index (χ3v) is 5.53. The van der Waals surface area contributed by atoms with Gasteiger partial charge in [-0.1, -0.05) is 0 Å². The molecule has 4 rings (SSSR count). The van der Waals surface area contributed by atoms with E-state index in [1.54, 1.807) is 34.1 Å². The summed E-state index contributed by atoms with van der Waals surface area (Å²) in [4.78, 5) is 36.7. The topological polar surface area (TPSA) is 147 Å². The van der Waals surface area contributed by atoms with Crippen molar-refractivity contribution in [1.82, 2.24) is 9.80 Å². The van der Waals surface area contributed by atoms with Crippen molar-refractivity contribution in [3.05, 3.63) is 58.6 Å². The zero-order chi connectivity index (χ0) is 29.7. The molecule has 2 heterocycles. The van der Waals surface area contributed by atoms with Gasteiger partial charge < -0.3 is 34.5 Å². The number of benzene rings is 2. The Balaban J connectivity index is 0.000000222. The van der Waals surface area contributed by atoms with Gasteiger partial charge in [-0.25, -0.2) is 9.59 Å². The molecular formula is C28H38N4O8. The number of nitro benzene ring substituents is 1. The van der Waals surface area contributed by atoms with Crippen molar-refractivity contribution in [2.24, 2.45) is 0 Å². The lowest BCUT2D eigenvalue weighted by atomic mass is 10.1. The predicted molar refractivity (Wildman–Crippen MR) is 148 cm³/mol. The Morgan fingerprint density at radius 2 is 1.10 bits per heavy atom. The Morgan fingerprint density at radius 3 is 1.43 bits per heavy atom. The Hall–Kier alpha value is -4.22. The van der Waals surface area contributed by atoms with Gasteiger partial charge in [0.2, 0.25) is 0 Å². The van der Waals surface area contributed by atoms with Crippen molar-refractivity contribution in [3.8, 4) is 11.5 Å². The molecule has 0 aliphatic carbocycles. The maximum absolute atomic E-state index is 11.7. The standard InChI is InChI=1S/C14H18N2O5.C14H20N2O3/c1-14(2,3)21-13(17)15-8-12(9-15)20-11-6-4-10(5-7-11)16(18)19;1-14(2,3)19-13(17)16-8-12(9-16)18-11-6-4-10(15)5-7-11/h4-7,12H,8-9H2,1-3H3;4-7,12H,8-9,15H2,1-3H3. The van der Waals surface area contributed by atoms with Crippen molar-refractivity contribution in [3.63, 3.8) is 0 Å². The van der Waals surface area contributed by atoms with Gasteiger partial charge in [-0.3, -0.25) is 10.1 Å². The second-order valence-corrected chi connectivity index (χ2v) is 11.6. The highest BCUT2D eigenvalue weighted by Crippen LogP contribution is 2.23. The Morgan fingerprint density at radius 1 is 0.750 bits per heavy atom. The first kappa shape index (κ1) is 30.3. The van der Waals surface area contributed by atoms with Crippen LogP contribution >= 0.6 is 0 Å². The number of carbonyl (C=O) groups is 2. The van der Waals surface area contributed by atoms with Crippen LogP contribution < -0.4 is 15.2 Å². The SMILES string of the molecule is CC(C)(C)OC(=O)N1CC(Oc2ccc(N)cc2)C1.CC(C)(C)OC(=O)N1CC(Oc2ccc([N+](=O)[O-])cc2)C1. The Kier molecular flexibility index (Phi) is 9.33. The average molecular weight is 559 g/mol. The number of amides is 2. The van der Waals surface area contributed by atoms with E-state index in [1.165, 1.54) is 12.1 Å². The Labute approximate surface area is 234 Å². The van der Waals surface area contributed by atoms with Crippen LogP contribution in [0.3, 0.4) is 0 Å². The molecule has 0 spiro atoms. The van der Waals surface area contributed by atoms with Gasteiger partial charge in [-0.05, 0) is 77.9 Å². The molecule has 2 N–H and O–H groups in total. The van der Waals surface area contributed by atoms with E-state index in [1.807, 2.05) is 53.7 Å². The van der Waals surface area contributed by atoms with Crippen LogP contribution in [0.4, 0.5) is 21.0 Å². The molecule has 2 aliphatic rings. The van der Waals surface area contributed by atoms with Crippen LogP contribution in [0, 0.1) is 10.1 Å².